The molecule has 0 bridgehead atoms. The van der Waals surface area contributed by atoms with Crippen molar-refractivity contribution in [2.24, 2.45) is 0 Å². The minimum absolute atomic E-state index is 0.0673. The highest BCUT2D eigenvalue weighted by Crippen LogP contribution is 2.44. The smallest absolute Gasteiger partial charge is 0.350 e. The van der Waals surface area contributed by atoms with E-state index in [1.165, 1.54) is 31.4 Å². The number of nitrogens with zero attached hydrogens (tertiary/aromatic N) is 2. The van der Waals surface area contributed by atoms with E-state index in [9.17, 15) is 23.9 Å². The number of ether oxygens (including phenoxy) is 2. The molecule has 1 aliphatic heterocycles. The zero-order chi connectivity index (χ0) is 26.9. The van der Waals surface area contributed by atoms with E-state index < -0.39 is 35.3 Å². The highest BCUT2D eigenvalue weighted by molar-refractivity contribution is 7.17. The van der Waals surface area contributed by atoms with Gasteiger partial charge in [-0.25, -0.2) is 14.2 Å². The SMILES string of the molecule is C=CCOc1ccc(/C(O)=C2/C(=O)C(=O)N(c3nc(C)c(C(=O)OC)s3)C2c2ccc(F)cc2)cc1C. The third-order valence-corrected chi connectivity index (χ3v) is 6.93. The molecular weight excluding hydrogens is 499 g/mol. The predicted octanol–water partition coefficient (Wildman–Crippen LogP) is 4.88. The van der Waals surface area contributed by atoms with Crippen LogP contribution in [0.1, 0.15) is 38.1 Å². The Labute approximate surface area is 216 Å². The van der Waals surface area contributed by atoms with E-state index in [4.69, 9.17) is 9.47 Å². The molecule has 1 fully saturated rings. The van der Waals surface area contributed by atoms with E-state index in [2.05, 4.69) is 11.6 Å². The molecule has 37 heavy (non-hydrogen) atoms. The summed E-state index contributed by atoms with van der Waals surface area (Å²) in [6.07, 6.45) is 1.60. The van der Waals surface area contributed by atoms with Crippen LogP contribution in [0.2, 0.25) is 0 Å². The van der Waals surface area contributed by atoms with Crippen molar-refractivity contribution >= 4 is 39.9 Å². The molecule has 1 aliphatic rings. The van der Waals surface area contributed by atoms with Gasteiger partial charge in [-0.2, -0.15) is 0 Å². The summed E-state index contributed by atoms with van der Waals surface area (Å²) in [7, 11) is 1.22. The van der Waals surface area contributed by atoms with Crippen LogP contribution in [0.4, 0.5) is 9.52 Å². The average Bonchev–Trinajstić information content (AvgIpc) is 3.39. The van der Waals surface area contributed by atoms with E-state index in [-0.39, 0.29) is 15.6 Å². The van der Waals surface area contributed by atoms with Gasteiger partial charge in [0.25, 0.3) is 5.78 Å². The molecule has 3 aromatic rings. The fourth-order valence-corrected chi connectivity index (χ4v) is 5.03. The van der Waals surface area contributed by atoms with Crippen molar-refractivity contribution in [1.82, 2.24) is 4.98 Å². The van der Waals surface area contributed by atoms with E-state index in [1.807, 2.05) is 0 Å². The highest BCUT2D eigenvalue weighted by atomic mass is 32.1. The number of rotatable bonds is 7. The van der Waals surface area contributed by atoms with Crippen molar-refractivity contribution in [2.75, 3.05) is 18.6 Å². The summed E-state index contributed by atoms with van der Waals surface area (Å²) in [5.74, 6) is -2.86. The maximum atomic E-state index is 13.7. The Morgan fingerprint density at radius 1 is 1.22 bits per heavy atom. The molecule has 0 radical (unpaired) electrons. The third kappa shape index (κ3) is 4.75. The number of thiazole rings is 1. The number of anilines is 1. The second kappa shape index (κ2) is 10.4. The fourth-order valence-electron chi connectivity index (χ4n) is 4.02. The number of esters is 1. The number of Topliss-reactive ketones (excluding diaryl/α,β-unsaturated/α-hetero) is 1. The fraction of sp³-hybridized carbons (Fsp3) is 0.185. The maximum Gasteiger partial charge on any atom is 0.350 e. The van der Waals surface area contributed by atoms with Gasteiger partial charge in [-0.05, 0) is 55.3 Å². The van der Waals surface area contributed by atoms with Crippen LogP contribution >= 0.6 is 11.3 Å². The molecule has 0 aliphatic carbocycles. The molecule has 1 saturated heterocycles. The van der Waals surface area contributed by atoms with Gasteiger partial charge in [0, 0.05) is 5.56 Å². The van der Waals surface area contributed by atoms with Crippen molar-refractivity contribution < 1.29 is 33.4 Å². The Kier molecular flexibility index (Phi) is 7.21. The van der Waals surface area contributed by atoms with Gasteiger partial charge < -0.3 is 14.6 Å². The van der Waals surface area contributed by atoms with Crippen LogP contribution in [-0.2, 0) is 14.3 Å². The first-order chi connectivity index (χ1) is 17.7. The Morgan fingerprint density at radius 2 is 1.92 bits per heavy atom. The molecule has 1 amide bonds. The zero-order valence-corrected chi connectivity index (χ0v) is 21.1. The molecule has 8 nitrogen and oxygen atoms in total. The Morgan fingerprint density at radius 3 is 2.54 bits per heavy atom. The van der Waals surface area contributed by atoms with Crippen LogP contribution < -0.4 is 9.64 Å². The molecule has 4 rings (SSSR count). The topological polar surface area (TPSA) is 106 Å². The molecule has 0 saturated carbocycles. The molecule has 10 heteroatoms. The second-order valence-electron chi connectivity index (χ2n) is 8.20. The van der Waals surface area contributed by atoms with Gasteiger partial charge >= 0.3 is 11.9 Å². The van der Waals surface area contributed by atoms with E-state index in [1.54, 1.807) is 38.1 Å². The van der Waals surface area contributed by atoms with Gasteiger partial charge in [-0.3, -0.25) is 14.5 Å². The number of methoxy groups -OCH3 is 1. The summed E-state index contributed by atoms with van der Waals surface area (Å²) < 4.78 is 24.1. The zero-order valence-electron chi connectivity index (χ0n) is 20.3. The standard InChI is InChI=1S/C27H23FN2O6S/c1-5-12-36-19-11-8-17(13-14(19)2)22(31)20-21(16-6-9-18(28)10-7-16)30(25(33)23(20)32)27-29-15(3)24(37-27)26(34)35-4/h5-11,13,21,31H,1,12H2,2-4H3/b22-20-. The van der Waals surface area contributed by atoms with E-state index in [0.717, 1.165) is 16.2 Å². The third-order valence-electron chi connectivity index (χ3n) is 5.80. The lowest BCUT2D eigenvalue weighted by Gasteiger charge is -2.23. The summed E-state index contributed by atoms with van der Waals surface area (Å²) in [4.78, 5) is 44.3. The lowest BCUT2D eigenvalue weighted by Crippen LogP contribution is -2.29. The van der Waals surface area contributed by atoms with Crippen LogP contribution in [0.25, 0.3) is 5.76 Å². The maximum absolute atomic E-state index is 13.7. The summed E-state index contributed by atoms with van der Waals surface area (Å²) >= 11 is 0.883. The monoisotopic (exact) mass is 522 g/mol. The Bertz CT molecular complexity index is 1440. The number of aryl methyl sites for hydroxylation is 2. The number of amides is 1. The highest BCUT2D eigenvalue weighted by Gasteiger charge is 2.48. The molecule has 1 atom stereocenters. The van der Waals surface area contributed by atoms with Gasteiger partial charge in [-0.15, -0.1) is 0 Å². The second-order valence-corrected chi connectivity index (χ2v) is 9.18. The normalized spacial score (nSPS) is 16.6. The first-order valence-corrected chi connectivity index (χ1v) is 12.0. The van der Waals surface area contributed by atoms with Crippen LogP contribution in [0, 0.1) is 19.7 Å². The summed E-state index contributed by atoms with van der Waals surface area (Å²) in [5, 5.41) is 11.4. The van der Waals surface area contributed by atoms with Crippen LogP contribution in [0.15, 0.2) is 60.7 Å². The first-order valence-electron chi connectivity index (χ1n) is 11.1. The van der Waals surface area contributed by atoms with Crippen LogP contribution in [0.3, 0.4) is 0 Å². The van der Waals surface area contributed by atoms with Crippen molar-refractivity contribution in [3.63, 3.8) is 0 Å². The van der Waals surface area contributed by atoms with Gasteiger partial charge in [0.15, 0.2) is 5.13 Å². The number of halogens is 1. The number of ketones is 1. The summed E-state index contributed by atoms with van der Waals surface area (Å²) in [6.45, 7) is 7.26. The lowest BCUT2D eigenvalue weighted by atomic mass is 9.95. The molecule has 1 aromatic heterocycles. The molecule has 0 spiro atoms. The average molecular weight is 523 g/mol. The minimum Gasteiger partial charge on any atom is -0.507 e. The summed E-state index contributed by atoms with van der Waals surface area (Å²) in [6, 6.07) is 8.95. The quantitative estimate of drug-likeness (QED) is 0.155. The largest absolute Gasteiger partial charge is 0.507 e. The molecule has 190 valence electrons. The number of benzene rings is 2. The minimum atomic E-state index is -1.12. The number of aromatic nitrogens is 1. The van der Waals surface area contributed by atoms with Gasteiger partial charge in [0.1, 0.15) is 28.8 Å². The number of aliphatic hydroxyl groups is 1. The molecule has 2 aromatic carbocycles. The Balaban J connectivity index is 1.89. The van der Waals surface area contributed by atoms with Crippen molar-refractivity contribution in [1.29, 1.82) is 0 Å². The van der Waals surface area contributed by atoms with Crippen molar-refractivity contribution in [3.05, 3.63) is 93.8 Å². The lowest BCUT2D eigenvalue weighted by molar-refractivity contribution is -0.132. The van der Waals surface area contributed by atoms with Gasteiger partial charge in [0.05, 0.1) is 24.4 Å². The Hall–Kier alpha value is -4.31. The van der Waals surface area contributed by atoms with Gasteiger partial charge in [0.2, 0.25) is 0 Å². The van der Waals surface area contributed by atoms with Gasteiger partial charge in [-0.1, -0.05) is 36.1 Å². The number of hydrogen-bond acceptors (Lipinski definition) is 8. The summed E-state index contributed by atoms with van der Waals surface area (Å²) in [5.41, 5.74) is 1.48. The van der Waals surface area contributed by atoms with Crippen molar-refractivity contribution in [2.45, 2.75) is 19.9 Å². The molecule has 1 N–H and O–H groups in total. The predicted molar refractivity (Wildman–Crippen MR) is 136 cm³/mol. The first kappa shape index (κ1) is 25.8. The van der Waals surface area contributed by atoms with E-state index in [0.29, 0.717) is 34.7 Å². The van der Waals surface area contributed by atoms with Crippen LogP contribution in [-0.4, -0.2) is 41.5 Å². The van der Waals surface area contributed by atoms with E-state index >= 15 is 0 Å². The molecule has 1 unspecified atom stereocenters. The number of hydrogen-bond donors (Lipinski definition) is 1. The molecule has 2 heterocycles. The van der Waals surface area contributed by atoms with Crippen molar-refractivity contribution in [3.8, 4) is 5.75 Å². The number of carbonyl (C=O) groups excluding carboxylic acids is 3. The van der Waals surface area contributed by atoms with Crippen LogP contribution in [0.5, 0.6) is 5.75 Å². The molecular formula is C27H23FN2O6S. The number of aliphatic hydroxyl groups excluding tert-OH is 1. The number of carbonyl (C=O) groups is 3.